The van der Waals surface area contributed by atoms with Crippen LogP contribution in [0.2, 0.25) is 0 Å². The molecule has 20 heavy (non-hydrogen) atoms. The number of pyridine rings is 1. The molecule has 0 aromatic carbocycles. The van der Waals surface area contributed by atoms with E-state index in [2.05, 4.69) is 36.2 Å². The summed E-state index contributed by atoms with van der Waals surface area (Å²) in [6, 6.07) is 1.18. The molecule has 1 N–H and O–H groups in total. The van der Waals surface area contributed by atoms with Crippen molar-refractivity contribution in [1.82, 2.24) is 15.4 Å². The Labute approximate surface area is 122 Å². The quantitative estimate of drug-likeness (QED) is 0.918. The zero-order valence-electron chi connectivity index (χ0n) is 13.4. The van der Waals surface area contributed by atoms with Gasteiger partial charge < -0.3 is 4.74 Å². The lowest BCUT2D eigenvalue weighted by Crippen LogP contribution is -2.51. The second-order valence-corrected chi connectivity index (χ2v) is 5.92. The third kappa shape index (κ3) is 3.13. The second-order valence-electron chi connectivity index (χ2n) is 5.92. The van der Waals surface area contributed by atoms with Crippen molar-refractivity contribution in [2.75, 3.05) is 7.11 Å². The van der Waals surface area contributed by atoms with Gasteiger partial charge in [0.25, 0.3) is 0 Å². The SMILES string of the molecule is COc1c(C)cnc(CNN2C(C)CCCC2C)c1C. The van der Waals surface area contributed by atoms with Crippen LogP contribution in [0.15, 0.2) is 6.20 Å². The molecule has 2 unspecified atom stereocenters. The van der Waals surface area contributed by atoms with E-state index in [-0.39, 0.29) is 0 Å². The Bertz CT molecular complexity index is 451. The number of rotatable bonds is 4. The number of ether oxygens (including phenoxy) is 1. The highest BCUT2D eigenvalue weighted by Crippen LogP contribution is 2.25. The maximum Gasteiger partial charge on any atom is 0.128 e. The zero-order chi connectivity index (χ0) is 14.7. The highest BCUT2D eigenvalue weighted by atomic mass is 16.5. The van der Waals surface area contributed by atoms with Crippen LogP contribution in [0.3, 0.4) is 0 Å². The van der Waals surface area contributed by atoms with Gasteiger partial charge in [-0.05, 0) is 40.5 Å². The van der Waals surface area contributed by atoms with Crippen LogP contribution >= 0.6 is 0 Å². The molecule has 1 fully saturated rings. The monoisotopic (exact) mass is 277 g/mol. The Kier molecular flexibility index (Phi) is 5.00. The first-order chi connectivity index (χ1) is 9.54. The second kappa shape index (κ2) is 6.55. The highest BCUT2D eigenvalue weighted by Gasteiger charge is 2.24. The molecule has 2 atom stereocenters. The molecule has 0 bridgehead atoms. The fraction of sp³-hybridized carbons (Fsp3) is 0.688. The minimum atomic E-state index is 0.589. The topological polar surface area (TPSA) is 37.4 Å². The van der Waals surface area contributed by atoms with Crippen molar-refractivity contribution in [3.8, 4) is 5.75 Å². The minimum absolute atomic E-state index is 0.589. The average Bonchev–Trinajstić information content (AvgIpc) is 2.41. The predicted octanol–water partition coefficient (Wildman–Crippen LogP) is 2.97. The summed E-state index contributed by atoms with van der Waals surface area (Å²) in [5.41, 5.74) is 6.86. The van der Waals surface area contributed by atoms with E-state index in [0.29, 0.717) is 12.1 Å². The van der Waals surface area contributed by atoms with Gasteiger partial charge >= 0.3 is 0 Å². The van der Waals surface area contributed by atoms with E-state index in [1.54, 1.807) is 7.11 Å². The van der Waals surface area contributed by atoms with Crippen LogP contribution < -0.4 is 10.2 Å². The lowest BCUT2D eigenvalue weighted by atomic mass is 10.00. The van der Waals surface area contributed by atoms with Gasteiger partial charge in [-0.1, -0.05) is 6.42 Å². The largest absolute Gasteiger partial charge is 0.496 e. The van der Waals surface area contributed by atoms with Crippen LogP contribution in [0.1, 0.15) is 49.9 Å². The average molecular weight is 277 g/mol. The van der Waals surface area contributed by atoms with Gasteiger partial charge in [0, 0.05) is 29.4 Å². The van der Waals surface area contributed by atoms with Gasteiger partial charge in [-0.2, -0.15) is 0 Å². The number of methoxy groups -OCH3 is 1. The molecule has 1 aliphatic rings. The molecule has 4 nitrogen and oxygen atoms in total. The van der Waals surface area contributed by atoms with Gasteiger partial charge in [0.2, 0.25) is 0 Å². The molecule has 1 aromatic rings. The molecule has 0 spiro atoms. The van der Waals surface area contributed by atoms with Crippen molar-refractivity contribution in [2.24, 2.45) is 0 Å². The molecule has 0 aliphatic carbocycles. The molecule has 1 aliphatic heterocycles. The number of hydrazine groups is 1. The number of aromatic nitrogens is 1. The summed E-state index contributed by atoms with van der Waals surface area (Å²) in [4.78, 5) is 4.55. The zero-order valence-corrected chi connectivity index (χ0v) is 13.4. The van der Waals surface area contributed by atoms with Gasteiger partial charge in [0.15, 0.2) is 0 Å². The van der Waals surface area contributed by atoms with Gasteiger partial charge in [-0.3, -0.25) is 4.98 Å². The predicted molar refractivity (Wildman–Crippen MR) is 81.7 cm³/mol. The molecule has 0 amide bonds. The van der Waals surface area contributed by atoms with Crippen LogP contribution in [-0.4, -0.2) is 29.2 Å². The molecule has 4 heteroatoms. The Morgan fingerprint density at radius 1 is 1.30 bits per heavy atom. The smallest absolute Gasteiger partial charge is 0.128 e. The lowest BCUT2D eigenvalue weighted by molar-refractivity contribution is 0.0430. The van der Waals surface area contributed by atoms with Crippen LogP contribution in [0.25, 0.3) is 0 Å². The van der Waals surface area contributed by atoms with Gasteiger partial charge in [-0.25, -0.2) is 10.4 Å². The van der Waals surface area contributed by atoms with Crippen molar-refractivity contribution in [1.29, 1.82) is 0 Å². The first-order valence-electron chi connectivity index (χ1n) is 7.55. The molecule has 1 aromatic heterocycles. The first kappa shape index (κ1) is 15.3. The molecule has 2 rings (SSSR count). The van der Waals surface area contributed by atoms with E-state index in [1.165, 1.54) is 19.3 Å². The number of piperidine rings is 1. The molecule has 0 radical (unpaired) electrons. The molecule has 112 valence electrons. The van der Waals surface area contributed by atoms with E-state index >= 15 is 0 Å². The first-order valence-corrected chi connectivity index (χ1v) is 7.55. The van der Waals surface area contributed by atoms with Crippen molar-refractivity contribution >= 4 is 0 Å². The van der Waals surface area contributed by atoms with E-state index in [0.717, 1.165) is 29.1 Å². The highest BCUT2D eigenvalue weighted by molar-refractivity contribution is 5.40. The van der Waals surface area contributed by atoms with E-state index in [9.17, 15) is 0 Å². The summed E-state index contributed by atoms with van der Waals surface area (Å²) in [5.74, 6) is 0.955. The van der Waals surface area contributed by atoms with E-state index in [4.69, 9.17) is 4.74 Å². The molecular weight excluding hydrogens is 250 g/mol. The Hall–Kier alpha value is -1.13. The third-order valence-corrected chi connectivity index (χ3v) is 4.37. The summed E-state index contributed by atoms with van der Waals surface area (Å²) in [6.45, 7) is 9.46. The lowest BCUT2D eigenvalue weighted by Gasteiger charge is -2.39. The Morgan fingerprint density at radius 2 is 1.95 bits per heavy atom. The van der Waals surface area contributed by atoms with E-state index in [1.807, 2.05) is 13.1 Å². The number of aryl methyl sites for hydroxylation is 1. The summed E-state index contributed by atoms with van der Waals surface area (Å²) in [6.07, 6.45) is 5.75. The van der Waals surface area contributed by atoms with Crippen molar-refractivity contribution < 1.29 is 4.74 Å². The molecule has 0 saturated carbocycles. The molecular formula is C16H27N3O. The fourth-order valence-corrected chi connectivity index (χ4v) is 3.15. The van der Waals surface area contributed by atoms with E-state index < -0.39 is 0 Å². The van der Waals surface area contributed by atoms with Gasteiger partial charge in [0.05, 0.1) is 19.3 Å². The number of nitrogens with zero attached hydrogens (tertiary/aromatic N) is 2. The Balaban J connectivity index is 2.07. The standard InChI is InChI=1S/C16H27N3O/c1-11-9-17-15(14(4)16(11)20-5)10-18-19-12(2)7-6-8-13(19)3/h9,12-13,18H,6-8,10H2,1-5H3. The van der Waals surface area contributed by atoms with Crippen LogP contribution in [-0.2, 0) is 6.54 Å². The van der Waals surface area contributed by atoms with Crippen molar-refractivity contribution in [2.45, 2.75) is 65.6 Å². The molecule has 2 heterocycles. The summed E-state index contributed by atoms with van der Waals surface area (Å²) in [7, 11) is 1.72. The maximum atomic E-state index is 5.47. The fourth-order valence-electron chi connectivity index (χ4n) is 3.15. The maximum absolute atomic E-state index is 5.47. The van der Waals surface area contributed by atoms with Crippen LogP contribution in [0.5, 0.6) is 5.75 Å². The number of hydrogen-bond donors (Lipinski definition) is 1. The molecule has 1 saturated heterocycles. The van der Waals surface area contributed by atoms with Gasteiger partial charge in [-0.15, -0.1) is 0 Å². The van der Waals surface area contributed by atoms with Crippen LogP contribution in [0, 0.1) is 13.8 Å². The number of hydrogen-bond acceptors (Lipinski definition) is 4. The van der Waals surface area contributed by atoms with Crippen LogP contribution in [0.4, 0.5) is 0 Å². The van der Waals surface area contributed by atoms with Gasteiger partial charge in [0.1, 0.15) is 5.75 Å². The Morgan fingerprint density at radius 3 is 2.55 bits per heavy atom. The minimum Gasteiger partial charge on any atom is -0.496 e. The third-order valence-electron chi connectivity index (χ3n) is 4.37. The van der Waals surface area contributed by atoms with Crippen molar-refractivity contribution in [3.63, 3.8) is 0 Å². The van der Waals surface area contributed by atoms with Crippen molar-refractivity contribution in [3.05, 3.63) is 23.0 Å². The summed E-state index contributed by atoms with van der Waals surface area (Å²) in [5, 5.41) is 2.39. The summed E-state index contributed by atoms with van der Waals surface area (Å²) < 4.78 is 5.47. The normalized spacial score (nSPS) is 23.9. The number of nitrogens with one attached hydrogen (secondary N) is 1. The summed E-state index contributed by atoms with van der Waals surface area (Å²) >= 11 is 0.